The lowest BCUT2D eigenvalue weighted by Crippen LogP contribution is -2.32. The topological polar surface area (TPSA) is 108 Å². The van der Waals surface area contributed by atoms with Gasteiger partial charge in [-0.25, -0.2) is 0 Å². The molecular weight excluding hydrogens is 308 g/mol. The Morgan fingerprint density at radius 1 is 1.42 bits per heavy atom. The van der Waals surface area contributed by atoms with E-state index in [1.54, 1.807) is 11.6 Å². The largest absolute Gasteiger partial charge is 0.493 e. The Hall–Kier alpha value is -2.90. The molecule has 0 fully saturated rings. The van der Waals surface area contributed by atoms with Crippen molar-refractivity contribution in [2.45, 2.75) is 32.7 Å². The summed E-state index contributed by atoms with van der Waals surface area (Å²) in [4.78, 5) is 12.1. The number of hydrogen-bond donors (Lipinski definition) is 2. The van der Waals surface area contributed by atoms with Crippen LogP contribution in [0.1, 0.15) is 38.3 Å². The van der Waals surface area contributed by atoms with Gasteiger partial charge in [-0.2, -0.15) is 4.68 Å². The number of anilines is 1. The molecule has 0 saturated heterocycles. The molecular formula is C16H20N6O2. The minimum Gasteiger partial charge on any atom is -0.493 e. The number of nitrogens with two attached hydrogens (primary N) is 1. The van der Waals surface area contributed by atoms with Gasteiger partial charge >= 0.3 is 0 Å². The van der Waals surface area contributed by atoms with Crippen LogP contribution in [0.25, 0.3) is 0 Å². The summed E-state index contributed by atoms with van der Waals surface area (Å²) >= 11 is 0. The molecule has 1 amide bonds. The normalized spacial score (nSPS) is 16.5. The molecule has 2 heterocycles. The third-order valence-corrected chi connectivity index (χ3v) is 3.95. The van der Waals surface area contributed by atoms with Gasteiger partial charge in [0, 0.05) is 11.3 Å². The Labute approximate surface area is 139 Å². The third-order valence-electron chi connectivity index (χ3n) is 3.95. The second kappa shape index (κ2) is 6.69. The molecule has 2 aromatic rings. The molecule has 126 valence electrons. The number of nitrogens with zero attached hydrogens (tertiary/aromatic N) is 4. The molecule has 0 bridgehead atoms. The van der Waals surface area contributed by atoms with E-state index in [2.05, 4.69) is 27.8 Å². The molecule has 1 atom stereocenters. The molecule has 24 heavy (non-hydrogen) atoms. The number of rotatable bonds is 6. The molecule has 3 rings (SSSR count). The van der Waals surface area contributed by atoms with Gasteiger partial charge in [0.15, 0.2) is 0 Å². The zero-order valence-corrected chi connectivity index (χ0v) is 13.7. The van der Waals surface area contributed by atoms with Crippen LogP contribution in [0.4, 0.5) is 5.95 Å². The molecule has 1 aromatic heterocycles. The van der Waals surface area contributed by atoms with E-state index >= 15 is 0 Å². The van der Waals surface area contributed by atoms with Crippen LogP contribution in [-0.2, 0) is 4.79 Å². The quantitative estimate of drug-likeness (QED) is 0.780. The molecule has 0 saturated carbocycles. The van der Waals surface area contributed by atoms with E-state index in [0.717, 1.165) is 18.4 Å². The highest BCUT2D eigenvalue weighted by Gasteiger charge is 2.34. The highest BCUT2D eigenvalue weighted by atomic mass is 16.5. The van der Waals surface area contributed by atoms with Crippen LogP contribution in [0, 0.1) is 0 Å². The maximum atomic E-state index is 12.1. The number of ether oxygens (including phenoxy) is 1. The molecule has 0 aliphatic carbocycles. The van der Waals surface area contributed by atoms with E-state index in [9.17, 15) is 4.79 Å². The van der Waals surface area contributed by atoms with E-state index in [0.29, 0.717) is 29.6 Å². The zero-order valence-electron chi connectivity index (χ0n) is 13.7. The number of fused-ring (bicyclic) bond motifs is 1. The Balaban J connectivity index is 2.08. The van der Waals surface area contributed by atoms with E-state index in [4.69, 9.17) is 10.5 Å². The summed E-state index contributed by atoms with van der Waals surface area (Å²) in [7, 11) is 0. The number of aromatic nitrogens is 4. The molecule has 8 nitrogen and oxygen atoms in total. The fraction of sp³-hybridized carbons (Fsp3) is 0.375. The smallest absolute Gasteiger partial charge is 0.248 e. The van der Waals surface area contributed by atoms with Crippen molar-refractivity contribution in [1.29, 1.82) is 0 Å². The van der Waals surface area contributed by atoms with Crippen molar-refractivity contribution in [3.63, 3.8) is 0 Å². The number of carbonyl (C=O) groups excluding carboxylic acids is 1. The molecule has 1 aliphatic heterocycles. The van der Waals surface area contributed by atoms with Gasteiger partial charge in [-0.15, -0.1) is 0 Å². The third kappa shape index (κ3) is 2.82. The second-order valence-electron chi connectivity index (χ2n) is 5.62. The molecule has 3 N–H and O–H groups in total. The van der Waals surface area contributed by atoms with E-state index in [-0.39, 0.29) is 0 Å². The van der Waals surface area contributed by atoms with Crippen LogP contribution in [-0.4, -0.2) is 32.7 Å². The van der Waals surface area contributed by atoms with Crippen molar-refractivity contribution in [3.8, 4) is 5.75 Å². The molecule has 0 radical (unpaired) electrons. The van der Waals surface area contributed by atoms with E-state index in [1.807, 2.05) is 24.3 Å². The van der Waals surface area contributed by atoms with Gasteiger partial charge in [0.05, 0.1) is 12.2 Å². The summed E-state index contributed by atoms with van der Waals surface area (Å²) < 4.78 is 7.46. The fourth-order valence-electron chi connectivity index (χ4n) is 2.78. The summed E-state index contributed by atoms with van der Waals surface area (Å²) in [5.41, 5.74) is 7.48. The predicted molar refractivity (Wildman–Crippen MR) is 88.3 cm³/mol. The first-order chi connectivity index (χ1) is 11.6. The number of hydrogen-bond acceptors (Lipinski definition) is 6. The number of allylic oxidation sites excluding steroid dienone is 1. The summed E-state index contributed by atoms with van der Waals surface area (Å²) in [5.74, 6) is 0.645. The zero-order chi connectivity index (χ0) is 17.1. The average Bonchev–Trinajstić information content (AvgIpc) is 3.02. The first-order valence-electron chi connectivity index (χ1n) is 7.90. The van der Waals surface area contributed by atoms with Crippen LogP contribution >= 0.6 is 0 Å². The maximum Gasteiger partial charge on any atom is 0.248 e. The first-order valence-corrected chi connectivity index (χ1v) is 7.90. The van der Waals surface area contributed by atoms with Crippen molar-refractivity contribution >= 4 is 11.9 Å². The lowest BCUT2D eigenvalue weighted by molar-refractivity contribution is -0.115. The monoisotopic (exact) mass is 328 g/mol. The Kier molecular flexibility index (Phi) is 4.45. The standard InChI is InChI=1S/C16H20N6O2/c1-3-4-9-24-12-8-6-5-7-11(12)14-13(15(17)23)10(2)18-16-19-20-21-22(14)16/h5-8,14H,3-4,9H2,1-2H3,(H2,17,23)(H,18,19,21)/t14-/m0/s1. The summed E-state index contributed by atoms with van der Waals surface area (Å²) in [6.07, 6.45) is 1.99. The van der Waals surface area contributed by atoms with E-state index < -0.39 is 11.9 Å². The number of carbonyl (C=O) groups is 1. The molecule has 8 heteroatoms. The van der Waals surface area contributed by atoms with Crippen molar-refractivity contribution in [2.24, 2.45) is 5.73 Å². The van der Waals surface area contributed by atoms with Crippen LogP contribution in [0.15, 0.2) is 35.5 Å². The fourth-order valence-corrected chi connectivity index (χ4v) is 2.78. The van der Waals surface area contributed by atoms with E-state index in [1.165, 1.54) is 0 Å². The molecule has 0 spiro atoms. The van der Waals surface area contributed by atoms with Gasteiger partial charge in [0.2, 0.25) is 11.9 Å². The lowest BCUT2D eigenvalue weighted by atomic mass is 9.94. The van der Waals surface area contributed by atoms with Gasteiger partial charge in [-0.05, 0) is 29.8 Å². The minimum atomic E-state index is -0.522. The average molecular weight is 328 g/mol. The highest BCUT2D eigenvalue weighted by molar-refractivity contribution is 5.95. The van der Waals surface area contributed by atoms with Gasteiger partial charge in [-0.3, -0.25) is 4.79 Å². The van der Waals surface area contributed by atoms with Crippen molar-refractivity contribution in [3.05, 3.63) is 41.1 Å². The van der Waals surface area contributed by atoms with Crippen LogP contribution in [0.3, 0.4) is 0 Å². The first kappa shape index (κ1) is 16.0. The molecule has 0 unspecified atom stereocenters. The highest BCUT2D eigenvalue weighted by Crippen LogP contribution is 2.38. The van der Waals surface area contributed by atoms with Gasteiger partial charge in [-0.1, -0.05) is 36.6 Å². The predicted octanol–water partition coefficient (Wildman–Crippen LogP) is 1.63. The van der Waals surface area contributed by atoms with Crippen molar-refractivity contribution in [1.82, 2.24) is 20.2 Å². The maximum absolute atomic E-state index is 12.1. The van der Waals surface area contributed by atoms with Crippen LogP contribution in [0.2, 0.25) is 0 Å². The number of nitrogens with one attached hydrogen (secondary N) is 1. The Morgan fingerprint density at radius 2 is 2.21 bits per heavy atom. The molecule has 1 aromatic carbocycles. The number of benzene rings is 1. The summed E-state index contributed by atoms with van der Waals surface area (Å²) in [6, 6.07) is 7.05. The van der Waals surface area contributed by atoms with Gasteiger partial charge in [0.25, 0.3) is 0 Å². The van der Waals surface area contributed by atoms with Gasteiger partial charge in [0.1, 0.15) is 11.8 Å². The summed E-state index contributed by atoms with van der Waals surface area (Å²) in [5, 5.41) is 14.7. The SMILES string of the molecule is CCCCOc1ccccc1[C@H]1C(C(N)=O)=C(C)Nc2nnnn21. The lowest BCUT2D eigenvalue weighted by Gasteiger charge is -2.28. The number of para-hydroxylation sites is 1. The van der Waals surface area contributed by atoms with Crippen molar-refractivity contribution in [2.75, 3.05) is 11.9 Å². The number of tetrazole rings is 1. The minimum absolute atomic E-state index is 0.418. The number of primary amides is 1. The van der Waals surface area contributed by atoms with Crippen LogP contribution in [0.5, 0.6) is 5.75 Å². The Bertz CT molecular complexity index is 782. The molecule has 1 aliphatic rings. The Morgan fingerprint density at radius 3 is 2.96 bits per heavy atom. The summed E-state index contributed by atoms with van der Waals surface area (Å²) in [6.45, 7) is 4.49. The number of amides is 1. The van der Waals surface area contributed by atoms with Crippen LogP contribution < -0.4 is 15.8 Å². The number of unbranched alkanes of at least 4 members (excludes halogenated alkanes) is 1. The van der Waals surface area contributed by atoms with Gasteiger partial charge < -0.3 is 15.8 Å². The van der Waals surface area contributed by atoms with Crippen molar-refractivity contribution < 1.29 is 9.53 Å². The second-order valence-corrected chi connectivity index (χ2v) is 5.62.